The second-order valence-electron chi connectivity index (χ2n) is 4.01. The van der Waals surface area contributed by atoms with E-state index >= 15 is 0 Å². The standard InChI is InChI=1S/C11H12BrN3O/c12-8-1-2-10-11(7-8)15(14-13-10)9-3-5-16-6-4-9/h1-2,7,9H,3-6H2. The van der Waals surface area contributed by atoms with Gasteiger partial charge in [0.2, 0.25) is 0 Å². The molecule has 16 heavy (non-hydrogen) atoms. The maximum atomic E-state index is 5.36. The van der Waals surface area contributed by atoms with Crippen LogP contribution < -0.4 is 0 Å². The number of hydrogen-bond donors (Lipinski definition) is 0. The van der Waals surface area contributed by atoms with Gasteiger partial charge in [0.1, 0.15) is 5.52 Å². The smallest absolute Gasteiger partial charge is 0.113 e. The van der Waals surface area contributed by atoms with Crippen LogP contribution in [0, 0.1) is 0 Å². The summed E-state index contributed by atoms with van der Waals surface area (Å²) < 4.78 is 8.46. The van der Waals surface area contributed by atoms with Gasteiger partial charge in [0.05, 0.1) is 11.6 Å². The third kappa shape index (κ3) is 1.74. The van der Waals surface area contributed by atoms with E-state index < -0.39 is 0 Å². The summed E-state index contributed by atoms with van der Waals surface area (Å²) in [6.07, 6.45) is 2.04. The average Bonchev–Trinajstić information content (AvgIpc) is 2.73. The van der Waals surface area contributed by atoms with Crippen LogP contribution in [0.2, 0.25) is 0 Å². The second-order valence-corrected chi connectivity index (χ2v) is 4.93. The molecular weight excluding hydrogens is 270 g/mol. The molecule has 1 aromatic heterocycles. The summed E-state index contributed by atoms with van der Waals surface area (Å²) in [6.45, 7) is 1.64. The maximum Gasteiger partial charge on any atom is 0.113 e. The van der Waals surface area contributed by atoms with Gasteiger partial charge in [-0.25, -0.2) is 4.68 Å². The van der Waals surface area contributed by atoms with Gasteiger partial charge in [-0.15, -0.1) is 5.10 Å². The lowest BCUT2D eigenvalue weighted by Gasteiger charge is -2.22. The molecule has 1 aromatic carbocycles. The van der Waals surface area contributed by atoms with E-state index in [2.05, 4.69) is 32.3 Å². The van der Waals surface area contributed by atoms with E-state index in [9.17, 15) is 0 Å². The first-order chi connectivity index (χ1) is 7.84. The Hall–Kier alpha value is -0.940. The van der Waals surface area contributed by atoms with Crippen LogP contribution in [0.1, 0.15) is 18.9 Å². The molecular formula is C11H12BrN3O. The SMILES string of the molecule is Brc1ccc2nnn(C3CCOCC3)c2c1. The number of halogens is 1. The summed E-state index contributed by atoms with van der Waals surface area (Å²) >= 11 is 3.48. The van der Waals surface area contributed by atoms with Crippen molar-refractivity contribution in [2.75, 3.05) is 13.2 Å². The first-order valence-corrected chi connectivity index (χ1v) is 6.22. The van der Waals surface area contributed by atoms with E-state index in [4.69, 9.17) is 4.74 Å². The Morgan fingerprint density at radius 2 is 2.12 bits per heavy atom. The summed E-state index contributed by atoms with van der Waals surface area (Å²) in [7, 11) is 0. The zero-order valence-corrected chi connectivity index (χ0v) is 10.4. The fraction of sp³-hybridized carbons (Fsp3) is 0.455. The number of aromatic nitrogens is 3. The van der Waals surface area contributed by atoms with Gasteiger partial charge < -0.3 is 4.74 Å². The van der Waals surface area contributed by atoms with Crippen molar-refractivity contribution in [3.63, 3.8) is 0 Å². The van der Waals surface area contributed by atoms with Gasteiger partial charge >= 0.3 is 0 Å². The summed E-state index contributed by atoms with van der Waals surface area (Å²) in [6, 6.07) is 6.48. The molecule has 1 fully saturated rings. The predicted molar refractivity (Wildman–Crippen MR) is 64.3 cm³/mol. The summed E-state index contributed by atoms with van der Waals surface area (Å²) in [5.41, 5.74) is 2.05. The van der Waals surface area contributed by atoms with Gasteiger partial charge in [-0.2, -0.15) is 0 Å². The first-order valence-electron chi connectivity index (χ1n) is 5.43. The molecule has 0 N–H and O–H groups in total. The Morgan fingerprint density at radius 3 is 2.94 bits per heavy atom. The molecule has 0 saturated carbocycles. The lowest BCUT2D eigenvalue weighted by atomic mass is 10.1. The molecule has 84 valence electrons. The molecule has 0 aliphatic carbocycles. The minimum atomic E-state index is 0.424. The molecule has 0 amide bonds. The molecule has 1 saturated heterocycles. The van der Waals surface area contributed by atoms with E-state index in [1.165, 1.54) is 0 Å². The third-order valence-corrected chi connectivity index (χ3v) is 3.46. The Labute approximate surface area is 102 Å². The van der Waals surface area contributed by atoms with Gasteiger partial charge in [0.25, 0.3) is 0 Å². The Bertz CT molecular complexity index is 505. The minimum Gasteiger partial charge on any atom is -0.381 e. The van der Waals surface area contributed by atoms with Crippen LogP contribution in [0.15, 0.2) is 22.7 Å². The fourth-order valence-corrected chi connectivity index (χ4v) is 2.46. The topological polar surface area (TPSA) is 39.9 Å². The second kappa shape index (κ2) is 4.14. The Balaban J connectivity index is 2.05. The number of fused-ring (bicyclic) bond motifs is 1. The van der Waals surface area contributed by atoms with Crippen LogP contribution in [0.25, 0.3) is 11.0 Å². The highest BCUT2D eigenvalue weighted by atomic mass is 79.9. The molecule has 0 bridgehead atoms. The molecule has 2 aromatic rings. The van der Waals surface area contributed by atoms with Crippen LogP contribution in [0.3, 0.4) is 0 Å². The monoisotopic (exact) mass is 281 g/mol. The van der Waals surface area contributed by atoms with E-state index in [0.717, 1.165) is 41.6 Å². The number of hydrogen-bond acceptors (Lipinski definition) is 3. The van der Waals surface area contributed by atoms with Crippen LogP contribution in [0.5, 0.6) is 0 Å². The van der Waals surface area contributed by atoms with Crippen molar-refractivity contribution < 1.29 is 4.74 Å². The molecule has 3 rings (SSSR count). The minimum absolute atomic E-state index is 0.424. The van der Waals surface area contributed by atoms with Crippen molar-refractivity contribution in [3.8, 4) is 0 Å². The molecule has 5 heteroatoms. The lowest BCUT2D eigenvalue weighted by Crippen LogP contribution is -2.20. The van der Waals surface area contributed by atoms with Crippen LogP contribution in [-0.2, 0) is 4.74 Å². The maximum absolute atomic E-state index is 5.36. The Kier molecular flexibility index (Phi) is 2.65. The highest BCUT2D eigenvalue weighted by molar-refractivity contribution is 9.10. The average molecular weight is 282 g/mol. The summed E-state index contributed by atoms with van der Waals surface area (Å²) in [5.74, 6) is 0. The largest absolute Gasteiger partial charge is 0.381 e. The normalized spacial score (nSPS) is 18.1. The van der Waals surface area contributed by atoms with Gasteiger partial charge in [-0.1, -0.05) is 21.1 Å². The van der Waals surface area contributed by atoms with Gasteiger partial charge in [-0.3, -0.25) is 0 Å². The van der Waals surface area contributed by atoms with Crippen molar-refractivity contribution in [1.29, 1.82) is 0 Å². The quantitative estimate of drug-likeness (QED) is 0.807. The molecule has 0 unspecified atom stereocenters. The first kappa shape index (κ1) is 10.2. The van der Waals surface area contributed by atoms with E-state index in [1.54, 1.807) is 0 Å². The highest BCUT2D eigenvalue weighted by Crippen LogP contribution is 2.25. The summed E-state index contributed by atoms with van der Waals surface area (Å²) in [5, 5.41) is 8.44. The molecule has 2 heterocycles. The van der Waals surface area contributed by atoms with Crippen molar-refractivity contribution >= 4 is 27.0 Å². The van der Waals surface area contributed by atoms with Crippen molar-refractivity contribution in [3.05, 3.63) is 22.7 Å². The number of ether oxygens (including phenoxy) is 1. The zero-order valence-electron chi connectivity index (χ0n) is 8.77. The van der Waals surface area contributed by atoms with Gasteiger partial charge in [0.15, 0.2) is 0 Å². The van der Waals surface area contributed by atoms with Crippen LogP contribution in [0.4, 0.5) is 0 Å². The van der Waals surface area contributed by atoms with Crippen LogP contribution in [-0.4, -0.2) is 28.2 Å². The molecule has 0 radical (unpaired) electrons. The van der Waals surface area contributed by atoms with Crippen molar-refractivity contribution in [2.24, 2.45) is 0 Å². The Morgan fingerprint density at radius 1 is 1.31 bits per heavy atom. The molecule has 0 atom stereocenters. The fourth-order valence-electron chi connectivity index (χ4n) is 2.11. The predicted octanol–water partition coefficient (Wildman–Crippen LogP) is 2.55. The molecule has 1 aliphatic rings. The third-order valence-electron chi connectivity index (χ3n) is 2.97. The number of nitrogens with zero attached hydrogens (tertiary/aromatic N) is 3. The van der Waals surface area contributed by atoms with Crippen molar-refractivity contribution in [2.45, 2.75) is 18.9 Å². The molecule has 0 spiro atoms. The van der Waals surface area contributed by atoms with E-state index in [-0.39, 0.29) is 0 Å². The van der Waals surface area contributed by atoms with E-state index in [1.807, 2.05) is 16.8 Å². The lowest BCUT2D eigenvalue weighted by molar-refractivity contribution is 0.0669. The van der Waals surface area contributed by atoms with Gasteiger partial charge in [0, 0.05) is 17.7 Å². The summed E-state index contributed by atoms with van der Waals surface area (Å²) in [4.78, 5) is 0. The molecule has 1 aliphatic heterocycles. The zero-order chi connectivity index (χ0) is 11.0. The number of benzene rings is 1. The molecule has 4 nitrogen and oxygen atoms in total. The van der Waals surface area contributed by atoms with E-state index in [0.29, 0.717) is 6.04 Å². The highest BCUT2D eigenvalue weighted by Gasteiger charge is 2.18. The number of rotatable bonds is 1. The van der Waals surface area contributed by atoms with Crippen molar-refractivity contribution in [1.82, 2.24) is 15.0 Å². The van der Waals surface area contributed by atoms with Gasteiger partial charge in [-0.05, 0) is 31.0 Å². The van der Waals surface area contributed by atoms with Crippen LogP contribution >= 0.6 is 15.9 Å².